The molecule has 0 aliphatic heterocycles. The van der Waals surface area contributed by atoms with Gasteiger partial charge in [-0.15, -0.1) is 5.10 Å². The van der Waals surface area contributed by atoms with Crippen LogP contribution in [0.5, 0.6) is 0 Å². The lowest BCUT2D eigenvalue weighted by atomic mass is 9.86. The zero-order chi connectivity index (χ0) is 17.1. The minimum Gasteiger partial charge on any atom is -0.396 e. The number of rotatable bonds is 4. The molecule has 1 heterocycles. The van der Waals surface area contributed by atoms with Gasteiger partial charge in [0.1, 0.15) is 5.82 Å². The fourth-order valence-electron chi connectivity index (χ4n) is 3.08. The maximum atomic E-state index is 12.4. The lowest BCUT2D eigenvalue weighted by Crippen LogP contribution is -2.38. The molecule has 2 N–H and O–H groups in total. The number of hydrogen-bond donors (Lipinski definition) is 2. The molecule has 0 spiro atoms. The van der Waals surface area contributed by atoms with Crippen LogP contribution in [0.3, 0.4) is 0 Å². The van der Waals surface area contributed by atoms with E-state index in [9.17, 15) is 9.90 Å². The van der Waals surface area contributed by atoms with Crippen molar-refractivity contribution in [3.05, 3.63) is 40.9 Å². The van der Waals surface area contributed by atoms with Crippen LogP contribution in [-0.4, -0.2) is 38.4 Å². The molecule has 0 unspecified atom stereocenters. The van der Waals surface area contributed by atoms with Crippen LogP contribution in [0.15, 0.2) is 24.3 Å². The molecule has 1 aliphatic rings. The van der Waals surface area contributed by atoms with Crippen LogP contribution in [0.2, 0.25) is 5.02 Å². The molecule has 1 aliphatic carbocycles. The van der Waals surface area contributed by atoms with Crippen molar-refractivity contribution in [2.45, 2.75) is 38.6 Å². The van der Waals surface area contributed by atoms with Gasteiger partial charge >= 0.3 is 0 Å². The van der Waals surface area contributed by atoms with Gasteiger partial charge in [-0.3, -0.25) is 4.79 Å². The van der Waals surface area contributed by atoms with E-state index in [1.54, 1.807) is 17.7 Å². The minimum atomic E-state index is -0.267. The summed E-state index contributed by atoms with van der Waals surface area (Å²) in [4.78, 5) is 16.7. The van der Waals surface area contributed by atoms with Crippen LogP contribution in [-0.2, 0) is 0 Å². The first-order chi connectivity index (χ1) is 11.6. The van der Waals surface area contributed by atoms with E-state index in [1.807, 2.05) is 18.2 Å². The van der Waals surface area contributed by atoms with E-state index in [2.05, 4.69) is 15.4 Å². The Morgan fingerprint density at radius 2 is 2.04 bits per heavy atom. The van der Waals surface area contributed by atoms with E-state index >= 15 is 0 Å². The van der Waals surface area contributed by atoms with Gasteiger partial charge in [-0.05, 0) is 50.7 Å². The Morgan fingerprint density at radius 3 is 2.71 bits per heavy atom. The van der Waals surface area contributed by atoms with Crippen molar-refractivity contribution in [3.8, 4) is 5.69 Å². The number of halogens is 1. The fraction of sp³-hybridized carbons (Fsp3) is 0.471. The molecular formula is C17H21ClN4O2. The number of aromatic nitrogens is 3. The smallest absolute Gasteiger partial charge is 0.291 e. The van der Waals surface area contributed by atoms with Gasteiger partial charge in [0.2, 0.25) is 5.82 Å². The van der Waals surface area contributed by atoms with Crippen LogP contribution in [0.1, 0.15) is 42.1 Å². The standard InChI is InChI=1S/C17H21ClN4O2/c1-11-19-16(21-22(11)15-5-3-2-4-14(15)18)17(24)20-13-8-6-12(10-23)7-9-13/h2-5,12-13,23H,6-10H2,1H3,(H,20,24). The fourth-order valence-corrected chi connectivity index (χ4v) is 3.29. The molecule has 1 aromatic heterocycles. The lowest BCUT2D eigenvalue weighted by molar-refractivity contribution is 0.0903. The number of para-hydroxylation sites is 1. The van der Waals surface area contributed by atoms with E-state index < -0.39 is 0 Å². The Labute approximate surface area is 145 Å². The number of nitrogens with zero attached hydrogens (tertiary/aromatic N) is 3. The van der Waals surface area contributed by atoms with Crippen molar-refractivity contribution >= 4 is 17.5 Å². The van der Waals surface area contributed by atoms with Gasteiger partial charge in [0.25, 0.3) is 5.91 Å². The van der Waals surface area contributed by atoms with Gasteiger partial charge < -0.3 is 10.4 Å². The molecule has 0 radical (unpaired) electrons. The van der Waals surface area contributed by atoms with Crippen LogP contribution in [0, 0.1) is 12.8 Å². The van der Waals surface area contributed by atoms with Crippen molar-refractivity contribution in [1.82, 2.24) is 20.1 Å². The zero-order valence-electron chi connectivity index (χ0n) is 13.6. The van der Waals surface area contributed by atoms with Crippen LogP contribution >= 0.6 is 11.6 Å². The molecule has 1 aromatic carbocycles. The Morgan fingerprint density at radius 1 is 1.33 bits per heavy atom. The van der Waals surface area contributed by atoms with Gasteiger partial charge in [0.05, 0.1) is 10.7 Å². The molecule has 3 rings (SSSR count). The highest BCUT2D eigenvalue weighted by atomic mass is 35.5. The topological polar surface area (TPSA) is 80.0 Å². The number of benzene rings is 1. The summed E-state index contributed by atoms with van der Waals surface area (Å²) in [5, 5.41) is 17.0. The maximum absolute atomic E-state index is 12.4. The highest BCUT2D eigenvalue weighted by Gasteiger charge is 2.24. The van der Waals surface area contributed by atoms with Gasteiger partial charge in [-0.1, -0.05) is 23.7 Å². The van der Waals surface area contributed by atoms with Gasteiger partial charge in [0.15, 0.2) is 0 Å². The second-order valence-corrected chi connectivity index (χ2v) is 6.63. The number of aryl methyl sites for hydroxylation is 1. The molecule has 1 fully saturated rings. The molecule has 128 valence electrons. The number of aliphatic hydroxyl groups excluding tert-OH is 1. The molecule has 24 heavy (non-hydrogen) atoms. The minimum absolute atomic E-state index is 0.118. The molecule has 0 atom stereocenters. The van der Waals surface area contributed by atoms with Crippen molar-refractivity contribution in [2.24, 2.45) is 5.92 Å². The average Bonchev–Trinajstić information content (AvgIpc) is 2.98. The van der Waals surface area contributed by atoms with Crippen LogP contribution in [0.4, 0.5) is 0 Å². The van der Waals surface area contributed by atoms with Crippen molar-refractivity contribution in [3.63, 3.8) is 0 Å². The number of carbonyl (C=O) groups is 1. The van der Waals surface area contributed by atoms with Crippen LogP contribution < -0.4 is 5.32 Å². The summed E-state index contributed by atoms with van der Waals surface area (Å²) >= 11 is 6.19. The van der Waals surface area contributed by atoms with E-state index in [-0.39, 0.29) is 24.4 Å². The average molecular weight is 349 g/mol. The quantitative estimate of drug-likeness (QED) is 0.889. The molecule has 2 aromatic rings. The first kappa shape index (κ1) is 16.9. The van der Waals surface area contributed by atoms with Crippen molar-refractivity contribution < 1.29 is 9.90 Å². The third-order valence-electron chi connectivity index (χ3n) is 4.49. The largest absolute Gasteiger partial charge is 0.396 e. The summed E-state index contributed by atoms with van der Waals surface area (Å²) in [6, 6.07) is 7.43. The molecule has 1 amide bonds. The first-order valence-electron chi connectivity index (χ1n) is 8.18. The summed E-state index contributed by atoms with van der Waals surface area (Å²) in [6.07, 6.45) is 3.62. The second kappa shape index (κ2) is 7.32. The van der Waals surface area contributed by atoms with Gasteiger partial charge in [-0.25, -0.2) is 9.67 Å². The van der Waals surface area contributed by atoms with E-state index in [0.717, 1.165) is 25.7 Å². The Balaban J connectivity index is 1.71. The number of nitrogens with one attached hydrogen (secondary N) is 1. The highest BCUT2D eigenvalue weighted by molar-refractivity contribution is 6.32. The van der Waals surface area contributed by atoms with Gasteiger partial charge in [-0.2, -0.15) is 0 Å². The number of aliphatic hydroxyl groups is 1. The van der Waals surface area contributed by atoms with E-state index in [1.165, 1.54) is 0 Å². The molecule has 0 bridgehead atoms. The van der Waals surface area contributed by atoms with Crippen molar-refractivity contribution in [1.29, 1.82) is 0 Å². The first-order valence-corrected chi connectivity index (χ1v) is 8.56. The number of amides is 1. The molecule has 1 saturated carbocycles. The van der Waals surface area contributed by atoms with Crippen LogP contribution in [0.25, 0.3) is 5.69 Å². The summed E-state index contributed by atoms with van der Waals surface area (Å²) in [7, 11) is 0. The summed E-state index contributed by atoms with van der Waals surface area (Å²) in [5.74, 6) is 0.850. The normalized spacial score (nSPS) is 20.8. The molecular weight excluding hydrogens is 328 g/mol. The zero-order valence-corrected chi connectivity index (χ0v) is 14.3. The van der Waals surface area contributed by atoms with Gasteiger partial charge in [0, 0.05) is 12.6 Å². The predicted molar refractivity (Wildman–Crippen MR) is 91.4 cm³/mol. The third-order valence-corrected chi connectivity index (χ3v) is 4.81. The van der Waals surface area contributed by atoms with E-state index in [4.69, 9.17) is 11.6 Å². The highest BCUT2D eigenvalue weighted by Crippen LogP contribution is 2.24. The maximum Gasteiger partial charge on any atom is 0.291 e. The third kappa shape index (κ3) is 3.60. The molecule has 6 nitrogen and oxygen atoms in total. The Bertz CT molecular complexity index is 723. The predicted octanol–water partition coefficient (Wildman–Crippen LogP) is 2.51. The monoisotopic (exact) mass is 348 g/mol. The molecule has 7 heteroatoms. The summed E-state index contributed by atoms with van der Waals surface area (Å²) in [5.41, 5.74) is 0.701. The van der Waals surface area contributed by atoms with Crippen molar-refractivity contribution in [2.75, 3.05) is 6.61 Å². The number of carbonyl (C=O) groups excluding carboxylic acids is 1. The summed E-state index contributed by atoms with van der Waals surface area (Å²) < 4.78 is 1.58. The summed E-state index contributed by atoms with van der Waals surface area (Å²) in [6.45, 7) is 2.02. The number of hydrogen-bond acceptors (Lipinski definition) is 4. The van der Waals surface area contributed by atoms with E-state index in [0.29, 0.717) is 22.5 Å². The Hall–Kier alpha value is -1.92. The molecule has 0 saturated heterocycles. The lowest BCUT2D eigenvalue weighted by Gasteiger charge is -2.27. The second-order valence-electron chi connectivity index (χ2n) is 6.22. The Kier molecular flexibility index (Phi) is 5.16. The SMILES string of the molecule is Cc1nc(C(=O)NC2CCC(CO)CC2)nn1-c1ccccc1Cl.